The first-order chi connectivity index (χ1) is 13.6. The molecule has 1 spiro atoms. The highest BCUT2D eigenvalue weighted by atomic mass is 19.1. The minimum absolute atomic E-state index is 0.00482. The first-order valence-corrected chi connectivity index (χ1v) is 10.6. The van der Waals surface area contributed by atoms with E-state index in [1.807, 2.05) is 6.07 Å². The lowest BCUT2D eigenvalue weighted by Crippen LogP contribution is -2.47. The first kappa shape index (κ1) is 19.5. The van der Waals surface area contributed by atoms with Crippen LogP contribution < -0.4 is 5.32 Å². The van der Waals surface area contributed by atoms with Gasteiger partial charge in [0.15, 0.2) is 0 Å². The van der Waals surface area contributed by atoms with Crippen molar-refractivity contribution in [2.45, 2.75) is 69.4 Å². The predicted molar refractivity (Wildman–Crippen MR) is 110 cm³/mol. The van der Waals surface area contributed by atoms with Gasteiger partial charge in [0, 0.05) is 24.3 Å². The van der Waals surface area contributed by atoms with Crippen LogP contribution >= 0.6 is 0 Å². The fraction of sp³-hybridized carbons (Fsp3) is 0.542. The van der Waals surface area contributed by atoms with Crippen LogP contribution in [0, 0.1) is 12.7 Å². The van der Waals surface area contributed by atoms with Gasteiger partial charge in [-0.25, -0.2) is 4.39 Å². The number of nitrogens with one attached hydrogen (secondary N) is 1. The van der Waals surface area contributed by atoms with Crippen molar-refractivity contribution >= 4 is 0 Å². The molecular weight excluding hydrogens is 351 g/mol. The number of ether oxygens (including phenoxy) is 1. The molecule has 1 unspecified atom stereocenters. The number of aromatic nitrogens is 1. The average molecular weight is 383 g/mol. The summed E-state index contributed by atoms with van der Waals surface area (Å²) in [6.07, 6.45) is 9.12. The third-order valence-corrected chi connectivity index (χ3v) is 6.63. The van der Waals surface area contributed by atoms with Gasteiger partial charge in [0.2, 0.25) is 0 Å². The molecule has 0 radical (unpaired) electrons. The minimum Gasteiger partial charge on any atom is -0.375 e. The zero-order chi connectivity index (χ0) is 19.5. The summed E-state index contributed by atoms with van der Waals surface area (Å²) in [5.74, 6) is -0.265. The van der Waals surface area contributed by atoms with Crippen molar-refractivity contribution < 1.29 is 9.13 Å². The van der Waals surface area contributed by atoms with Crippen LogP contribution in [0.1, 0.15) is 61.8 Å². The molecule has 1 saturated carbocycles. The number of pyridine rings is 1. The van der Waals surface area contributed by atoms with Crippen molar-refractivity contribution in [3.05, 3.63) is 65.2 Å². The number of benzene rings is 1. The maximum atomic E-state index is 13.5. The van der Waals surface area contributed by atoms with Crippen molar-refractivity contribution in [2.75, 3.05) is 13.2 Å². The summed E-state index contributed by atoms with van der Waals surface area (Å²) >= 11 is 0. The molecule has 2 heterocycles. The Morgan fingerprint density at radius 2 is 2.00 bits per heavy atom. The summed E-state index contributed by atoms with van der Waals surface area (Å²) in [4.78, 5) is 4.52. The number of rotatable bonds is 6. The van der Waals surface area contributed by atoms with Crippen LogP contribution in [-0.2, 0) is 16.7 Å². The second-order valence-corrected chi connectivity index (χ2v) is 8.72. The summed E-state index contributed by atoms with van der Waals surface area (Å²) in [6, 6.07) is 12.1. The maximum Gasteiger partial charge on any atom is 0.141 e. The van der Waals surface area contributed by atoms with Crippen LogP contribution in [0.5, 0.6) is 0 Å². The molecule has 4 heteroatoms. The number of halogens is 1. The molecule has 1 saturated heterocycles. The molecule has 28 heavy (non-hydrogen) atoms. The van der Waals surface area contributed by atoms with Crippen molar-refractivity contribution in [1.82, 2.24) is 10.3 Å². The van der Waals surface area contributed by atoms with E-state index in [-0.39, 0.29) is 16.8 Å². The fourth-order valence-corrected chi connectivity index (χ4v) is 5.19. The Kier molecular flexibility index (Phi) is 5.79. The highest BCUT2D eigenvalue weighted by molar-refractivity contribution is 5.23. The topological polar surface area (TPSA) is 34.2 Å². The van der Waals surface area contributed by atoms with Crippen molar-refractivity contribution in [2.24, 2.45) is 0 Å². The summed E-state index contributed by atoms with van der Waals surface area (Å²) in [7, 11) is 0. The van der Waals surface area contributed by atoms with Crippen LogP contribution in [-0.4, -0.2) is 23.7 Å². The molecule has 2 aliphatic rings. The monoisotopic (exact) mass is 382 g/mol. The van der Waals surface area contributed by atoms with Gasteiger partial charge >= 0.3 is 0 Å². The molecule has 1 atom stereocenters. The molecule has 1 aromatic carbocycles. The van der Waals surface area contributed by atoms with Crippen LogP contribution in [0.15, 0.2) is 42.6 Å². The van der Waals surface area contributed by atoms with Gasteiger partial charge in [0.25, 0.3) is 0 Å². The summed E-state index contributed by atoms with van der Waals surface area (Å²) in [6.45, 7) is 4.69. The van der Waals surface area contributed by atoms with Crippen LogP contribution in [0.2, 0.25) is 0 Å². The molecule has 1 aliphatic carbocycles. The van der Waals surface area contributed by atoms with Crippen molar-refractivity contribution in [1.29, 1.82) is 0 Å². The smallest absolute Gasteiger partial charge is 0.141 e. The normalized spacial score (nSPS) is 23.9. The van der Waals surface area contributed by atoms with E-state index in [2.05, 4.69) is 41.5 Å². The quantitative estimate of drug-likeness (QED) is 0.708. The van der Waals surface area contributed by atoms with Gasteiger partial charge in [-0.3, -0.25) is 4.98 Å². The molecule has 2 fully saturated rings. The van der Waals surface area contributed by atoms with Gasteiger partial charge in [0.05, 0.1) is 11.8 Å². The largest absolute Gasteiger partial charge is 0.375 e. The molecule has 3 nitrogen and oxygen atoms in total. The zero-order valence-electron chi connectivity index (χ0n) is 16.8. The van der Waals surface area contributed by atoms with Gasteiger partial charge in [-0.1, -0.05) is 42.7 Å². The Balaban J connectivity index is 1.47. The van der Waals surface area contributed by atoms with Crippen LogP contribution in [0.25, 0.3) is 0 Å². The molecule has 2 aromatic rings. The van der Waals surface area contributed by atoms with E-state index in [1.165, 1.54) is 30.2 Å². The lowest BCUT2D eigenvalue weighted by Gasteiger charge is -2.46. The van der Waals surface area contributed by atoms with E-state index in [0.717, 1.165) is 57.5 Å². The average Bonchev–Trinajstić information content (AvgIpc) is 3.13. The molecule has 1 N–H and O–H groups in total. The second-order valence-electron chi connectivity index (χ2n) is 8.72. The highest BCUT2D eigenvalue weighted by Crippen LogP contribution is 2.49. The molecule has 4 rings (SSSR count). The molecule has 0 amide bonds. The molecule has 1 aliphatic heterocycles. The zero-order valence-corrected chi connectivity index (χ0v) is 16.8. The fourth-order valence-electron chi connectivity index (χ4n) is 5.19. The molecule has 150 valence electrons. The van der Waals surface area contributed by atoms with E-state index in [4.69, 9.17) is 4.74 Å². The number of hydrogen-bond donors (Lipinski definition) is 1. The van der Waals surface area contributed by atoms with Crippen molar-refractivity contribution in [3.63, 3.8) is 0 Å². The Bertz CT molecular complexity index is 785. The SMILES string of the molecule is Cc1cccc(CNCCC2(c3ccc(F)cn3)CCOC3(CCCC3)C2)c1. The Morgan fingerprint density at radius 1 is 1.14 bits per heavy atom. The molecule has 0 bridgehead atoms. The van der Waals surface area contributed by atoms with Crippen molar-refractivity contribution in [3.8, 4) is 0 Å². The standard InChI is InChI=1S/C24H31FN2O/c1-19-5-4-6-20(15-19)16-26-13-11-23(22-8-7-21(25)17-27-22)12-14-28-24(18-23)9-2-3-10-24/h4-8,15,17,26H,2-3,9-14,16,18H2,1H3. The van der Waals surface area contributed by atoms with Gasteiger partial charge in [0.1, 0.15) is 5.82 Å². The molecular formula is C24H31FN2O. The molecule has 1 aromatic heterocycles. The van der Waals surface area contributed by atoms with Crippen LogP contribution in [0.4, 0.5) is 4.39 Å². The third-order valence-electron chi connectivity index (χ3n) is 6.63. The van der Waals surface area contributed by atoms with E-state index in [9.17, 15) is 4.39 Å². The Morgan fingerprint density at radius 3 is 2.75 bits per heavy atom. The van der Waals surface area contributed by atoms with E-state index < -0.39 is 0 Å². The predicted octanol–water partition coefficient (Wildman–Crippen LogP) is 5.07. The van der Waals surface area contributed by atoms with E-state index in [0.29, 0.717) is 0 Å². The summed E-state index contributed by atoms with van der Waals surface area (Å²) in [5.41, 5.74) is 3.61. The summed E-state index contributed by atoms with van der Waals surface area (Å²) < 4.78 is 19.8. The van der Waals surface area contributed by atoms with E-state index >= 15 is 0 Å². The van der Waals surface area contributed by atoms with Crippen LogP contribution in [0.3, 0.4) is 0 Å². The second kappa shape index (κ2) is 8.30. The lowest BCUT2D eigenvalue weighted by molar-refractivity contribution is -0.104. The highest BCUT2D eigenvalue weighted by Gasteiger charge is 2.48. The minimum atomic E-state index is -0.265. The third kappa shape index (κ3) is 4.28. The number of aryl methyl sites for hydroxylation is 1. The van der Waals surface area contributed by atoms with Gasteiger partial charge < -0.3 is 10.1 Å². The number of hydrogen-bond acceptors (Lipinski definition) is 3. The summed E-state index contributed by atoms with van der Waals surface area (Å²) in [5, 5.41) is 3.62. The van der Waals surface area contributed by atoms with Gasteiger partial charge in [-0.15, -0.1) is 0 Å². The van der Waals surface area contributed by atoms with E-state index in [1.54, 1.807) is 6.07 Å². The Hall–Kier alpha value is -1.78. The van der Waals surface area contributed by atoms with Gasteiger partial charge in [-0.2, -0.15) is 0 Å². The first-order valence-electron chi connectivity index (χ1n) is 10.6. The Labute approximate surface area is 167 Å². The van der Waals surface area contributed by atoms with Gasteiger partial charge in [-0.05, 0) is 63.3 Å². The number of nitrogens with zero attached hydrogens (tertiary/aromatic N) is 1. The lowest BCUT2D eigenvalue weighted by atomic mass is 9.68. The maximum absolute atomic E-state index is 13.5.